The highest BCUT2D eigenvalue weighted by Gasteiger charge is 2.15. The SMILES string of the molecule is Cc1ccc(NC(=O)c2ccc([N+](=O)[O-])c(C)c2)c(OCc2ccccc2)c1. The lowest BCUT2D eigenvalue weighted by Gasteiger charge is -2.14. The molecule has 0 spiro atoms. The Labute approximate surface area is 162 Å². The maximum Gasteiger partial charge on any atom is 0.272 e. The van der Waals surface area contributed by atoms with Crippen LogP contribution >= 0.6 is 0 Å². The first-order valence-corrected chi connectivity index (χ1v) is 8.78. The third-order valence-electron chi connectivity index (χ3n) is 4.28. The van der Waals surface area contributed by atoms with Crippen molar-refractivity contribution in [3.63, 3.8) is 0 Å². The molecular weight excluding hydrogens is 356 g/mol. The number of carbonyl (C=O) groups excluding carboxylic acids is 1. The van der Waals surface area contributed by atoms with Crippen LogP contribution in [0.25, 0.3) is 0 Å². The molecule has 3 aromatic rings. The smallest absolute Gasteiger partial charge is 0.272 e. The van der Waals surface area contributed by atoms with Crippen LogP contribution in [0.2, 0.25) is 0 Å². The summed E-state index contributed by atoms with van der Waals surface area (Å²) >= 11 is 0. The third kappa shape index (κ3) is 4.54. The fourth-order valence-electron chi connectivity index (χ4n) is 2.78. The number of nitrogens with one attached hydrogen (secondary N) is 1. The lowest BCUT2D eigenvalue weighted by molar-refractivity contribution is -0.385. The molecule has 0 aliphatic heterocycles. The van der Waals surface area contributed by atoms with Crippen molar-refractivity contribution >= 4 is 17.3 Å². The Hall–Kier alpha value is -3.67. The van der Waals surface area contributed by atoms with Gasteiger partial charge in [-0.05, 0) is 49.2 Å². The largest absolute Gasteiger partial charge is 0.487 e. The molecule has 1 N–H and O–H groups in total. The van der Waals surface area contributed by atoms with Gasteiger partial charge < -0.3 is 10.1 Å². The number of nitrogens with zero attached hydrogens (tertiary/aromatic N) is 1. The maximum absolute atomic E-state index is 12.6. The van der Waals surface area contributed by atoms with Crippen LogP contribution in [-0.2, 0) is 6.61 Å². The number of hydrogen-bond donors (Lipinski definition) is 1. The zero-order valence-corrected chi connectivity index (χ0v) is 15.6. The standard InChI is InChI=1S/C22H20N2O4/c1-15-8-10-19(21(12-15)28-14-17-6-4-3-5-7-17)23-22(25)18-9-11-20(24(26)27)16(2)13-18/h3-13H,14H2,1-2H3,(H,23,25). The topological polar surface area (TPSA) is 81.5 Å². The first-order valence-electron chi connectivity index (χ1n) is 8.78. The Kier molecular flexibility index (Phi) is 5.69. The second kappa shape index (κ2) is 8.35. The fourth-order valence-corrected chi connectivity index (χ4v) is 2.78. The number of amides is 1. The van der Waals surface area contributed by atoms with Crippen LogP contribution in [0.5, 0.6) is 5.75 Å². The summed E-state index contributed by atoms with van der Waals surface area (Å²) in [7, 11) is 0. The average Bonchev–Trinajstić information content (AvgIpc) is 2.68. The van der Waals surface area contributed by atoms with Crippen molar-refractivity contribution in [2.75, 3.05) is 5.32 Å². The second-order valence-electron chi connectivity index (χ2n) is 6.49. The van der Waals surface area contributed by atoms with Crippen molar-refractivity contribution in [3.05, 3.63) is 99.1 Å². The van der Waals surface area contributed by atoms with Gasteiger partial charge in [0, 0.05) is 17.2 Å². The average molecular weight is 376 g/mol. The summed E-state index contributed by atoms with van der Waals surface area (Å²) in [5, 5.41) is 13.8. The van der Waals surface area contributed by atoms with Gasteiger partial charge in [-0.25, -0.2) is 0 Å². The fraction of sp³-hybridized carbons (Fsp3) is 0.136. The van der Waals surface area contributed by atoms with E-state index < -0.39 is 4.92 Å². The van der Waals surface area contributed by atoms with Gasteiger partial charge >= 0.3 is 0 Å². The van der Waals surface area contributed by atoms with Crippen molar-refractivity contribution in [2.24, 2.45) is 0 Å². The van der Waals surface area contributed by atoms with E-state index in [1.807, 2.05) is 49.4 Å². The molecule has 0 aliphatic carbocycles. The van der Waals surface area contributed by atoms with Crippen molar-refractivity contribution in [1.29, 1.82) is 0 Å². The van der Waals surface area contributed by atoms with Crippen LogP contribution in [0.3, 0.4) is 0 Å². The highest BCUT2D eigenvalue weighted by Crippen LogP contribution is 2.28. The summed E-state index contributed by atoms with van der Waals surface area (Å²) in [6, 6.07) is 19.6. The quantitative estimate of drug-likeness (QED) is 0.482. The molecule has 142 valence electrons. The summed E-state index contributed by atoms with van der Waals surface area (Å²) in [5.41, 5.74) is 3.33. The van der Waals surface area contributed by atoms with Gasteiger partial charge in [0.2, 0.25) is 0 Å². The van der Waals surface area contributed by atoms with Crippen molar-refractivity contribution in [3.8, 4) is 5.75 Å². The van der Waals surface area contributed by atoms with E-state index in [1.165, 1.54) is 18.2 Å². The number of nitro groups is 1. The maximum atomic E-state index is 12.6. The van der Waals surface area contributed by atoms with Gasteiger partial charge in [0.1, 0.15) is 12.4 Å². The van der Waals surface area contributed by atoms with E-state index >= 15 is 0 Å². The third-order valence-corrected chi connectivity index (χ3v) is 4.28. The van der Waals surface area contributed by atoms with E-state index in [2.05, 4.69) is 5.32 Å². The lowest BCUT2D eigenvalue weighted by Crippen LogP contribution is -2.13. The number of ether oxygens (including phenoxy) is 1. The molecule has 0 unspecified atom stereocenters. The lowest BCUT2D eigenvalue weighted by atomic mass is 10.1. The van der Waals surface area contributed by atoms with Crippen molar-refractivity contribution in [1.82, 2.24) is 0 Å². The van der Waals surface area contributed by atoms with Gasteiger partial charge in [0.25, 0.3) is 11.6 Å². The molecule has 3 aromatic carbocycles. The predicted octanol–water partition coefficient (Wildman–Crippen LogP) is 5.04. The molecule has 0 saturated heterocycles. The molecule has 6 heteroatoms. The van der Waals surface area contributed by atoms with Gasteiger partial charge in [0.05, 0.1) is 10.6 Å². The zero-order chi connectivity index (χ0) is 20.1. The van der Waals surface area contributed by atoms with E-state index in [-0.39, 0.29) is 11.6 Å². The van der Waals surface area contributed by atoms with Crippen LogP contribution in [0.15, 0.2) is 66.7 Å². The number of rotatable bonds is 6. The summed E-state index contributed by atoms with van der Waals surface area (Å²) in [5.74, 6) is 0.210. The van der Waals surface area contributed by atoms with E-state index in [1.54, 1.807) is 13.0 Å². The van der Waals surface area contributed by atoms with E-state index in [9.17, 15) is 14.9 Å². The zero-order valence-electron chi connectivity index (χ0n) is 15.6. The summed E-state index contributed by atoms with van der Waals surface area (Å²) < 4.78 is 5.91. The van der Waals surface area contributed by atoms with Gasteiger partial charge in [-0.1, -0.05) is 36.4 Å². The number of anilines is 1. The number of aryl methyl sites for hydroxylation is 2. The molecule has 0 atom stereocenters. The number of benzene rings is 3. The van der Waals surface area contributed by atoms with Crippen LogP contribution < -0.4 is 10.1 Å². The Bertz CT molecular complexity index is 1020. The van der Waals surface area contributed by atoms with Gasteiger partial charge in [-0.3, -0.25) is 14.9 Å². The van der Waals surface area contributed by atoms with E-state index in [0.717, 1.165) is 11.1 Å². The minimum Gasteiger partial charge on any atom is -0.487 e. The highest BCUT2D eigenvalue weighted by molar-refractivity contribution is 6.05. The van der Waals surface area contributed by atoms with Gasteiger partial charge in [-0.15, -0.1) is 0 Å². The molecule has 0 aliphatic rings. The minimum absolute atomic E-state index is 0.0150. The number of nitro benzene ring substituents is 1. The second-order valence-corrected chi connectivity index (χ2v) is 6.49. The van der Waals surface area contributed by atoms with Crippen LogP contribution in [0, 0.1) is 24.0 Å². The van der Waals surface area contributed by atoms with Gasteiger partial charge in [-0.2, -0.15) is 0 Å². The van der Waals surface area contributed by atoms with Crippen molar-refractivity contribution < 1.29 is 14.5 Å². The Morgan fingerprint density at radius 2 is 1.79 bits per heavy atom. The first-order chi connectivity index (χ1) is 13.4. The molecule has 0 aromatic heterocycles. The summed E-state index contributed by atoms with van der Waals surface area (Å²) in [6.07, 6.45) is 0. The molecular formula is C22H20N2O4. The van der Waals surface area contributed by atoms with Crippen LogP contribution in [-0.4, -0.2) is 10.8 Å². The Morgan fingerprint density at radius 1 is 1.04 bits per heavy atom. The molecule has 0 saturated carbocycles. The Balaban J connectivity index is 1.79. The monoisotopic (exact) mass is 376 g/mol. The van der Waals surface area contributed by atoms with Gasteiger partial charge in [0.15, 0.2) is 0 Å². The first kappa shape index (κ1) is 19.1. The molecule has 6 nitrogen and oxygen atoms in total. The Morgan fingerprint density at radius 3 is 2.46 bits per heavy atom. The molecule has 0 fully saturated rings. The normalized spacial score (nSPS) is 10.4. The molecule has 0 radical (unpaired) electrons. The van der Waals surface area contributed by atoms with E-state index in [4.69, 9.17) is 4.74 Å². The summed E-state index contributed by atoms with van der Waals surface area (Å²) in [4.78, 5) is 23.1. The highest BCUT2D eigenvalue weighted by atomic mass is 16.6. The number of hydrogen-bond acceptors (Lipinski definition) is 4. The van der Waals surface area contributed by atoms with Crippen molar-refractivity contribution in [2.45, 2.75) is 20.5 Å². The van der Waals surface area contributed by atoms with Crippen LogP contribution in [0.4, 0.5) is 11.4 Å². The molecule has 0 bridgehead atoms. The molecule has 3 rings (SSSR count). The molecule has 0 heterocycles. The predicted molar refractivity (Wildman–Crippen MR) is 108 cm³/mol. The summed E-state index contributed by atoms with van der Waals surface area (Å²) in [6.45, 7) is 3.93. The minimum atomic E-state index is -0.466. The van der Waals surface area contributed by atoms with E-state index in [0.29, 0.717) is 29.2 Å². The number of carbonyl (C=O) groups is 1. The van der Waals surface area contributed by atoms with Crippen LogP contribution in [0.1, 0.15) is 27.0 Å². The molecule has 28 heavy (non-hydrogen) atoms. The molecule has 1 amide bonds.